The summed E-state index contributed by atoms with van der Waals surface area (Å²) in [6.07, 6.45) is 57.0. The zero-order chi connectivity index (χ0) is 103. The highest BCUT2D eigenvalue weighted by Crippen LogP contribution is 2.77. The summed E-state index contributed by atoms with van der Waals surface area (Å²) < 4.78 is 34.8. The highest BCUT2D eigenvalue weighted by Gasteiger charge is 2.72. The second kappa shape index (κ2) is 45.5. The van der Waals surface area contributed by atoms with E-state index in [-0.39, 0.29) is 55.4 Å². The van der Waals surface area contributed by atoms with Crippen LogP contribution in [0.15, 0.2) is 0 Å². The summed E-state index contributed by atoms with van der Waals surface area (Å²) in [6, 6.07) is 0. The van der Waals surface area contributed by atoms with Crippen molar-refractivity contribution in [3.63, 3.8) is 0 Å². The first kappa shape index (κ1) is 115. The van der Waals surface area contributed by atoms with Gasteiger partial charge in [0, 0.05) is 26.4 Å². The van der Waals surface area contributed by atoms with Gasteiger partial charge in [-0.05, 0) is 538 Å². The molecule has 17 heteroatoms. The maximum absolute atomic E-state index is 11.7. The first-order chi connectivity index (χ1) is 67.7. The van der Waals surface area contributed by atoms with Crippen molar-refractivity contribution in [1.29, 1.82) is 0 Å². The van der Waals surface area contributed by atoms with E-state index in [4.69, 9.17) is 4.55 Å². The second-order valence-corrected chi connectivity index (χ2v) is 59.7. The Balaban J connectivity index is 0.000000128. The monoisotopic (exact) mass is 2020 g/mol. The van der Waals surface area contributed by atoms with E-state index in [2.05, 4.69) is 136 Å². The van der Waals surface area contributed by atoms with Crippen molar-refractivity contribution >= 4 is 10.4 Å². The SMILES string of the molecule is CC[C@@H]1[C@H](O)C2C3CC[C@H]([C@H](C)CCCO)[C@@]3(C)CCC2[C@@]2(C)CC[C@@H](O)C[C@@H]12.CC[C@@H]1[C@H](O)C2C3CC[C@H]([C@H](C)CCO)[C@@]3(C)CCC2[C@@]2(C)CC[C@@H](O)C[C@@H]12.CC[C@H]1[C@@H](O)C2C3CC[C@H]([C@H](C)CCO)[C@@]3(C)CCC2[C@@]2(C)CC[C@@H](O)C[C@@H]12.CC[C@H]1[C@H](O)C2C3CC[C@H]([C@H](C)CCCO)[C@@]3(C)CCC2[C@@]2(C)CC[C@@H](O)C[C@@H]12.C[C@H](CCCOS(=O)(=O)O)[C@H]1CCC2C3CC[C@@H]4CCCC[C@]4(C)C3CC[C@@]21C. The van der Waals surface area contributed by atoms with E-state index >= 15 is 0 Å². The third kappa shape index (κ3) is 20.6. The summed E-state index contributed by atoms with van der Waals surface area (Å²) in [6.45, 7) is 47.6. The minimum atomic E-state index is -4.30. The number of aliphatic hydroxyl groups excluding tert-OH is 12. The van der Waals surface area contributed by atoms with Gasteiger partial charge in [-0.15, -0.1) is 0 Å². The fraction of sp³-hybridized carbons (Fsp3) is 1.00. The lowest BCUT2D eigenvalue weighted by Crippen LogP contribution is -2.62. The molecule has 828 valence electrons. The van der Waals surface area contributed by atoms with Gasteiger partial charge >= 0.3 is 10.4 Å². The number of rotatable bonds is 24. The summed E-state index contributed by atoms with van der Waals surface area (Å²) in [4.78, 5) is 0. The molecule has 0 saturated heterocycles. The Morgan fingerprint density at radius 3 is 0.797 bits per heavy atom. The molecule has 143 heavy (non-hydrogen) atoms. The fourth-order valence-electron chi connectivity index (χ4n) is 46.8. The third-order valence-electron chi connectivity index (χ3n) is 53.8. The van der Waals surface area contributed by atoms with Crippen LogP contribution in [-0.2, 0) is 14.6 Å². The molecule has 20 aliphatic rings. The molecule has 0 aromatic heterocycles. The predicted octanol–water partition coefficient (Wildman–Crippen LogP) is 25.6. The van der Waals surface area contributed by atoms with Crippen LogP contribution in [-0.4, -0.2) is 156 Å². The van der Waals surface area contributed by atoms with Gasteiger partial charge in [-0.1, -0.05) is 170 Å². The van der Waals surface area contributed by atoms with Crippen molar-refractivity contribution < 1.29 is 78.4 Å². The van der Waals surface area contributed by atoms with E-state index in [0.29, 0.717) is 247 Å². The first-order valence-corrected chi connectivity index (χ1v) is 63.6. The van der Waals surface area contributed by atoms with Crippen LogP contribution < -0.4 is 0 Å². The van der Waals surface area contributed by atoms with Gasteiger partial charge in [-0.2, -0.15) is 8.42 Å². The molecule has 20 aliphatic carbocycles. The van der Waals surface area contributed by atoms with E-state index < -0.39 is 10.4 Å². The van der Waals surface area contributed by atoms with Crippen LogP contribution in [0.3, 0.4) is 0 Å². The van der Waals surface area contributed by atoms with Crippen LogP contribution in [0.4, 0.5) is 0 Å². The van der Waals surface area contributed by atoms with Crippen LogP contribution in [0, 0.1) is 255 Å². The Morgan fingerprint density at radius 1 is 0.266 bits per heavy atom. The Labute approximate surface area is 873 Å². The van der Waals surface area contributed by atoms with Crippen molar-refractivity contribution in [2.75, 3.05) is 33.0 Å². The summed E-state index contributed by atoms with van der Waals surface area (Å²) >= 11 is 0. The molecule has 16 nitrogen and oxygen atoms in total. The molecule has 0 aromatic carbocycles. The van der Waals surface area contributed by atoms with Crippen LogP contribution in [0.25, 0.3) is 0 Å². The smallest absolute Gasteiger partial charge is 0.396 e. The lowest BCUT2D eigenvalue weighted by atomic mass is 9.41. The Hall–Kier alpha value is -0.610. The average Bonchev–Trinajstić information content (AvgIpc) is 1.67. The summed E-state index contributed by atoms with van der Waals surface area (Å²) in [5.74, 6) is 20.6. The van der Waals surface area contributed by atoms with Gasteiger partial charge in [0.15, 0.2) is 0 Å². The summed E-state index contributed by atoms with van der Waals surface area (Å²) in [5, 5.41) is 126. The predicted molar refractivity (Wildman–Crippen MR) is 576 cm³/mol. The van der Waals surface area contributed by atoms with Gasteiger partial charge in [0.25, 0.3) is 0 Å². The quantitative estimate of drug-likeness (QED) is 0.0316. The molecule has 0 aliphatic heterocycles. The second-order valence-electron chi connectivity index (χ2n) is 58.7. The minimum absolute atomic E-state index is 0.0977. The van der Waals surface area contributed by atoms with Gasteiger partial charge in [-0.3, -0.25) is 4.55 Å². The maximum atomic E-state index is 11.7. The van der Waals surface area contributed by atoms with Crippen LogP contribution in [0.1, 0.15) is 453 Å². The minimum Gasteiger partial charge on any atom is -0.396 e. The van der Waals surface area contributed by atoms with E-state index in [0.717, 1.165) is 189 Å². The Kier molecular flexibility index (Phi) is 36.6. The number of aliphatic hydroxyl groups is 12. The van der Waals surface area contributed by atoms with E-state index in [9.17, 15) is 69.7 Å². The van der Waals surface area contributed by atoms with Crippen molar-refractivity contribution in [1.82, 2.24) is 0 Å². The van der Waals surface area contributed by atoms with Crippen molar-refractivity contribution in [3.05, 3.63) is 0 Å². The molecule has 15 unspecified atom stereocenters. The number of hydrogen-bond acceptors (Lipinski definition) is 15. The molecule has 52 atom stereocenters. The highest BCUT2D eigenvalue weighted by atomic mass is 32.3. The lowest BCUT2D eigenvalue weighted by molar-refractivity contribution is -0.203. The molecule has 20 rings (SSSR count). The molecular weight excluding hydrogens is 1800 g/mol. The number of fused-ring (bicyclic) bond motifs is 25. The molecule has 0 bridgehead atoms. The van der Waals surface area contributed by atoms with Gasteiger partial charge in [-0.25, -0.2) is 4.18 Å². The molecule has 0 amide bonds. The van der Waals surface area contributed by atoms with Crippen LogP contribution in [0.2, 0.25) is 0 Å². The molecule has 13 N–H and O–H groups in total. The van der Waals surface area contributed by atoms with E-state index in [1.54, 1.807) is 0 Å². The van der Waals surface area contributed by atoms with E-state index in [1.165, 1.54) is 167 Å². The largest absolute Gasteiger partial charge is 0.397 e. The normalized spacial score (nSPS) is 52.2. The molecule has 0 heterocycles. The summed E-state index contributed by atoms with van der Waals surface area (Å²) in [7, 11) is -4.30. The van der Waals surface area contributed by atoms with Crippen LogP contribution in [0.5, 0.6) is 0 Å². The number of hydrogen-bond donors (Lipinski definition) is 13. The molecule has 20 fully saturated rings. The Bertz CT molecular complexity index is 3970. The molecule has 0 radical (unpaired) electrons. The standard InChI is InChI=1S/2C26H46O3.2C25H44O3.C24H42O4S/c2*1-5-18-22-15-17(28)10-12-26(22,4)21-11-13-25(3)19(16(2)7-6-14-27)8-9-20(25)23(21)24(18)29;2*1-5-17-21-14-16(27)8-11-25(21,4)20-9-12-24(3)18(15(2)10-13-26)6-7-19(24)22(20)23(17)28;1-17(7-6-16-28-29(25,26)27)20-11-12-21-19-10-9-18-8-4-5-14-23(18,2)22(19)13-15-24(20,21)3/h2*16-24,27-29H,5-15H2,1-4H3;2*15-23,26-28H,5-14H2,1-4H3;17-22H,4-16H2,1-3H3,(H,25,26,27)/t16-,17-,18+,19-,20?,21?,22+,23?,24+,25-,26-;16-,17-,18-,19-,20?,21?,22+,23?,24+,25-,26-;15-,16-,17+,18-,19?,20?,21+,22?,23+,24-,25-;15-,16-,17-,18-,19?,20?,21+,22?,23-,24-,25-;17-,18+,19?,20-,21?,22?,23+,24-/m11111/s1. The molecule has 20 saturated carbocycles. The molecule has 0 aromatic rings. The fourth-order valence-corrected chi connectivity index (χ4v) is 47.1. The first-order valence-electron chi connectivity index (χ1n) is 62.2. The maximum Gasteiger partial charge on any atom is 0.397 e. The van der Waals surface area contributed by atoms with Gasteiger partial charge in [0.1, 0.15) is 0 Å². The van der Waals surface area contributed by atoms with E-state index in [1.807, 2.05) is 0 Å². The van der Waals surface area contributed by atoms with Gasteiger partial charge < -0.3 is 61.3 Å². The average molecular weight is 2030 g/mol. The van der Waals surface area contributed by atoms with Gasteiger partial charge in [0.05, 0.1) is 55.4 Å². The topological polar surface area (TPSA) is 306 Å². The van der Waals surface area contributed by atoms with Crippen molar-refractivity contribution in [2.24, 2.45) is 255 Å². The highest BCUT2D eigenvalue weighted by molar-refractivity contribution is 7.80. The van der Waals surface area contributed by atoms with Crippen LogP contribution >= 0.6 is 0 Å². The summed E-state index contributed by atoms with van der Waals surface area (Å²) in [5.41, 5.74) is 3.61. The molecule has 0 spiro atoms. The molecular formula is C126H222O16S. The van der Waals surface area contributed by atoms with Gasteiger partial charge in [0.2, 0.25) is 0 Å². The third-order valence-corrected chi connectivity index (χ3v) is 54.3. The van der Waals surface area contributed by atoms with Crippen molar-refractivity contribution in [3.8, 4) is 0 Å². The Morgan fingerprint density at radius 2 is 0.517 bits per heavy atom. The lowest BCUT2D eigenvalue weighted by Gasteiger charge is -2.64. The van der Waals surface area contributed by atoms with Crippen molar-refractivity contribution in [2.45, 2.75) is 501 Å². The zero-order valence-electron chi connectivity index (χ0n) is 94.6. The zero-order valence-corrected chi connectivity index (χ0v) is 95.4.